The fourth-order valence-corrected chi connectivity index (χ4v) is 1.74. The van der Waals surface area contributed by atoms with Crippen molar-refractivity contribution in [2.75, 3.05) is 0 Å². The first kappa shape index (κ1) is 16.9. The summed E-state index contributed by atoms with van der Waals surface area (Å²) in [6, 6.07) is 0.178. The maximum Gasteiger partial charge on any atom is 0.573 e. The van der Waals surface area contributed by atoms with E-state index in [4.69, 9.17) is 0 Å². The van der Waals surface area contributed by atoms with Gasteiger partial charge in [0.25, 0.3) is 0 Å². The Morgan fingerprint density at radius 3 is 1.65 bits per heavy atom. The van der Waals surface area contributed by atoms with Gasteiger partial charge in [-0.15, -0.1) is 13.2 Å². The van der Waals surface area contributed by atoms with Crippen LogP contribution in [0.3, 0.4) is 0 Å². The van der Waals surface area contributed by atoms with E-state index in [1.54, 1.807) is 0 Å². The maximum absolute atomic E-state index is 12.6. The summed E-state index contributed by atoms with van der Waals surface area (Å²) >= 11 is 2.40. The van der Waals surface area contributed by atoms with E-state index in [1.165, 1.54) is 0 Å². The predicted molar refractivity (Wildman–Crippen MR) is 50.8 cm³/mol. The van der Waals surface area contributed by atoms with Crippen molar-refractivity contribution in [3.8, 4) is 5.75 Å². The van der Waals surface area contributed by atoms with E-state index < -0.39 is 40.1 Å². The highest BCUT2D eigenvalue weighted by molar-refractivity contribution is 9.10. The highest BCUT2D eigenvalue weighted by Gasteiger charge is 2.47. The van der Waals surface area contributed by atoms with Gasteiger partial charge in [0, 0.05) is 4.47 Å². The third-order valence-electron chi connectivity index (χ3n) is 1.88. The first-order valence-corrected chi connectivity index (χ1v) is 5.25. The Morgan fingerprint density at radius 1 is 0.800 bits per heavy atom. The second kappa shape index (κ2) is 5.01. The Morgan fingerprint density at radius 2 is 1.30 bits per heavy atom. The van der Waals surface area contributed by atoms with E-state index in [9.17, 15) is 39.5 Å². The maximum atomic E-state index is 12.6. The molecular formula is C9H2BrF9O. The van der Waals surface area contributed by atoms with Gasteiger partial charge >= 0.3 is 18.7 Å². The summed E-state index contributed by atoms with van der Waals surface area (Å²) < 4.78 is 114. The average molecular weight is 377 g/mol. The Labute approximate surface area is 113 Å². The van der Waals surface area contributed by atoms with Crippen LogP contribution < -0.4 is 4.74 Å². The summed E-state index contributed by atoms with van der Waals surface area (Å²) in [6.45, 7) is 0. The summed E-state index contributed by atoms with van der Waals surface area (Å²) in [5.41, 5.74) is -4.82. The van der Waals surface area contributed by atoms with Crippen molar-refractivity contribution in [2.24, 2.45) is 0 Å². The quantitative estimate of drug-likeness (QED) is 0.597. The largest absolute Gasteiger partial charge is 0.573 e. The first-order valence-electron chi connectivity index (χ1n) is 4.45. The average Bonchev–Trinajstić information content (AvgIpc) is 2.09. The molecule has 1 aromatic rings. The Bertz CT molecular complexity index is 500. The molecule has 1 aromatic carbocycles. The summed E-state index contributed by atoms with van der Waals surface area (Å²) in [5.74, 6) is -1.98. The minimum absolute atomic E-state index is 0.0199. The summed E-state index contributed by atoms with van der Waals surface area (Å²) in [4.78, 5) is 0. The molecule has 11 heteroatoms. The predicted octanol–water partition coefficient (Wildman–Crippen LogP) is 5.39. The molecule has 0 bridgehead atoms. The molecule has 1 rings (SSSR count). The lowest BCUT2D eigenvalue weighted by atomic mass is 10.1. The SMILES string of the molecule is FC(F)(F)Oc1cc(Br)cc(C(F)(F)F)c1C(F)(F)F. The zero-order chi connectivity index (χ0) is 15.9. The molecule has 0 aliphatic rings. The molecule has 20 heavy (non-hydrogen) atoms. The van der Waals surface area contributed by atoms with E-state index in [-0.39, 0.29) is 12.1 Å². The molecular weight excluding hydrogens is 375 g/mol. The molecule has 0 saturated heterocycles. The number of alkyl halides is 9. The molecule has 1 nitrogen and oxygen atoms in total. The number of rotatable bonds is 1. The molecule has 0 heterocycles. The molecule has 0 N–H and O–H groups in total. The van der Waals surface area contributed by atoms with Gasteiger partial charge in [-0.2, -0.15) is 26.3 Å². The van der Waals surface area contributed by atoms with Crippen LogP contribution in [0.25, 0.3) is 0 Å². The summed E-state index contributed by atoms with van der Waals surface area (Å²) in [6.07, 6.45) is -16.7. The van der Waals surface area contributed by atoms with Crippen molar-refractivity contribution in [3.05, 3.63) is 27.7 Å². The van der Waals surface area contributed by atoms with Crippen LogP contribution in [0.15, 0.2) is 16.6 Å². The molecule has 0 radical (unpaired) electrons. The zero-order valence-corrected chi connectivity index (χ0v) is 10.4. The Balaban J connectivity index is 3.62. The fourth-order valence-electron chi connectivity index (χ4n) is 1.30. The lowest BCUT2D eigenvalue weighted by Crippen LogP contribution is -2.23. The molecule has 0 aromatic heterocycles. The van der Waals surface area contributed by atoms with E-state index >= 15 is 0 Å². The second-order valence-electron chi connectivity index (χ2n) is 3.37. The molecule has 0 atom stereocenters. The van der Waals surface area contributed by atoms with E-state index in [1.807, 2.05) is 0 Å². The minimum atomic E-state index is -5.67. The van der Waals surface area contributed by atoms with Crippen molar-refractivity contribution in [2.45, 2.75) is 18.7 Å². The highest BCUT2D eigenvalue weighted by atomic mass is 79.9. The lowest BCUT2D eigenvalue weighted by Gasteiger charge is -2.20. The summed E-state index contributed by atoms with van der Waals surface area (Å²) in [5, 5.41) is 0. The minimum Gasteiger partial charge on any atom is -0.405 e. The smallest absolute Gasteiger partial charge is 0.405 e. The molecule has 0 aliphatic heterocycles. The third-order valence-corrected chi connectivity index (χ3v) is 2.34. The number of hydrogen-bond acceptors (Lipinski definition) is 1. The van der Waals surface area contributed by atoms with Crippen LogP contribution in [-0.2, 0) is 12.4 Å². The van der Waals surface area contributed by atoms with Gasteiger partial charge in [-0.3, -0.25) is 0 Å². The highest BCUT2D eigenvalue weighted by Crippen LogP contribution is 2.47. The van der Waals surface area contributed by atoms with Crippen molar-refractivity contribution in [1.29, 1.82) is 0 Å². The van der Waals surface area contributed by atoms with Crippen molar-refractivity contribution in [3.63, 3.8) is 0 Å². The Hall–Kier alpha value is -1.13. The van der Waals surface area contributed by atoms with Crippen molar-refractivity contribution in [1.82, 2.24) is 0 Å². The van der Waals surface area contributed by atoms with E-state index in [0.717, 1.165) is 0 Å². The van der Waals surface area contributed by atoms with Crippen molar-refractivity contribution >= 4 is 15.9 Å². The van der Waals surface area contributed by atoms with Crippen LogP contribution >= 0.6 is 15.9 Å². The normalized spacial score (nSPS) is 13.5. The van der Waals surface area contributed by atoms with E-state index in [0.29, 0.717) is 0 Å². The van der Waals surface area contributed by atoms with Crippen LogP contribution in [0.5, 0.6) is 5.75 Å². The van der Waals surface area contributed by atoms with Crippen molar-refractivity contribution < 1.29 is 44.3 Å². The van der Waals surface area contributed by atoms with E-state index in [2.05, 4.69) is 20.7 Å². The molecule has 0 saturated carbocycles. The molecule has 0 spiro atoms. The number of ether oxygens (including phenoxy) is 1. The molecule has 0 unspecified atom stereocenters. The van der Waals surface area contributed by atoms with Crippen LogP contribution in [0.2, 0.25) is 0 Å². The van der Waals surface area contributed by atoms with Gasteiger partial charge in [-0.1, -0.05) is 15.9 Å². The molecule has 114 valence electrons. The van der Waals surface area contributed by atoms with Crippen LogP contribution in [0, 0.1) is 0 Å². The number of halogens is 10. The van der Waals surface area contributed by atoms with Gasteiger partial charge in [-0.05, 0) is 12.1 Å². The monoisotopic (exact) mass is 376 g/mol. The Kier molecular flexibility index (Phi) is 4.24. The molecule has 0 aliphatic carbocycles. The zero-order valence-electron chi connectivity index (χ0n) is 8.84. The third kappa shape index (κ3) is 4.18. The molecule has 0 amide bonds. The van der Waals surface area contributed by atoms with Gasteiger partial charge in [0.2, 0.25) is 0 Å². The fraction of sp³-hybridized carbons (Fsp3) is 0.333. The number of benzene rings is 1. The van der Waals surface area contributed by atoms with Crippen LogP contribution in [0.4, 0.5) is 39.5 Å². The van der Waals surface area contributed by atoms with Gasteiger partial charge in [0.05, 0.1) is 5.56 Å². The lowest BCUT2D eigenvalue weighted by molar-refractivity contribution is -0.276. The topological polar surface area (TPSA) is 9.23 Å². The van der Waals surface area contributed by atoms with Gasteiger partial charge < -0.3 is 4.74 Å². The van der Waals surface area contributed by atoms with Gasteiger partial charge in [0.1, 0.15) is 11.3 Å². The standard InChI is InChI=1S/C9H2BrF9O/c10-3-1-4(7(11,12)13)6(8(14,15)16)5(2-3)20-9(17,18)19/h1-2H. The first-order chi connectivity index (χ1) is 8.72. The molecule has 0 fully saturated rings. The van der Waals surface area contributed by atoms with Crippen LogP contribution in [-0.4, -0.2) is 6.36 Å². The van der Waals surface area contributed by atoms with Gasteiger partial charge in [-0.25, -0.2) is 0 Å². The number of hydrogen-bond donors (Lipinski definition) is 0. The van der Waals surface area contributed by atoms with Crippen LogP contribution in [0.1, 0.15) is 11.1 Å². The van der Waals surface area contributed by atoms with Gasteiger partial charge in [0.15, 0.2) is 0 Å². The second-order valence-corrected chi connectivity index (χ2v) is 4.29. The summed E-state index contributed by atoms with van der Waals surface area (Å²) in [7, 11) is 0.